The van der Waals surface area contributed by atoms with E-state index in [1.165, 1.54) is 0 Å². The Kier molecular flexibility index (Phi) is 3.73. The molecule has 4 nitrogen and oxygen atoms in total. The average molecular weight is 267 g/mol. The second kappa shape index (κ2) is 5.12. The van der Waals surface area contributed by atoms with Gasteiger partial charge in [0.1, 0.15) is 0 Å². The van der Waals surface area contributed by atoms with Crippen LogP contribution in [0.15, 0.2) is 36.5 Å². The minimum Gasteiger partial charge on any atom is -0.342 e. The third-order valence-electron chi connectivity index (χ3n) is 2.97. The van der Waals surface area contributed by atoms with Crippen LogP contribution < -0.4 is 0 Å². The van der Waals surface area contributed by atoms with Gasteiger partial charge in [0.05, 0.1) is 18.9 Å². The number of nitrogens with zero attached hydrogens (tertiary/aromatic N) is 1. The van der Waals surface area contributed by atoms with Crippen molar-refractivity contribution in [2.24, 2.45) is 0 Å². The van der Waals surface area contributed by atoms with Crippen LogP contribution in [-0.4, -0.2) is 25.8 Å². The van der Waals surface area contributed by atoms with Gasteiger partial charge < -0.3 is 4.57 Å². The predicted octanol–water partition coefficient (Wildman–Crippen LogP) is 2.57. The highest BCUT2D eigenvalue weighted by atomic mass is 32.2. The molecule has 0 aliphatic carbocycles. The lowest BCUT2D eigenvalue weighted by molar-refractivity contribution is 0.256. The summed E-state index contributed by atoms with van der Waals surface area (Å²) in [5.41, 5.74) is 1.10. The Labute approximate surface area is 107 Å². The molecule has 0 saturated carbocycles. The van der Waals surface area contributed by atoms with E-state index in [1.807, 2.05) is 43.5 Å². The van der Waals surface area contributed by atoms with Crippen molar-refractivity contribution in [1.82, 2.24) is 4.57 Å². The highest BCUT2D eigenvalue weighted by Gasteiger charge is 2.14. The van der Waals surface area contributed by atoms with Crippen LogP contribution in [0.2, 0.25) is 0 Å². The van der Waals surface area contributed by atoms with Gasteiger partial charge in [-0.2, -0.15) is 8.42 Å². The Morgan fingerprint density at radius 1 is 1.28 bits per heavy atom. The minimum atomic E-state index is -3.39. The molecular formula is C13H17NO3S. The molecule has 0 saturated heterocycles. The summed E-state index contributed by atoms with van der Waals surface area (Å²) in [4.78, 5) is 0. The number of rotatable bonds is 5. The molecule has 18 heavy (non-hydrogen) atoms. The first-order chi connectivity index (χ1) is 8.51. The summed E-state index contributed by atoms with van der Waals surface area (Å²) in [6.45, 7) is 2.19. The molecule has 0 bridgehead atoms. The SMILES string of the molecule is CCC(COS(C)(=O)=O)n1ccc2ccccc21. The summed E-state index contributed by atoms with van der Waals surface area (Å²) >= 11 is 0. The lowest BCUT2D eigenvalue weighted by Crippen LogP contribution is -2.16. The van der Waals surface area contributed by atoms with E-state index in [-0.39, 0.29) is 12.6 Å². The number of para-hydroxylation sites is 1. The van der Waals surface area contributed by atoms with Gasteiger partial charge in [-0.1, -0.05) is 25.1 Å². The highest BCUT2D eigenvalue weighted by molar-refractivity contribution is 7.85. The fourth-order valence-corrected chi connectivity index (χ4v) is 2.42. The zero-order valence-corrected chi connectivity index (χ0v) is 11.4. The van der Waals surface area contributed by atoms with Gasteiger partial charge in [0.25, 0.3) is 10.1 Å². The number of fused-ring (bicyclic) bond motifs is 1. The van der Waals surface area contributed by atoms with Crippen molar-refractivity contribution in [3.63, 3.8) is 0 Å². The van der Waals surface area contributed by atoms with E-state index >= 15 is 0 Å². The summed E-state index contributed by atoms with van der Waals surface area (Å²) in [6, 6.07) is 10.1. The summed E-state index contributed by atoms with van der Waals surface area (Å²) in [5, 5.41) is 1.15. The molecule has 0 fully saturated rings. The van der Waals surface area contributed by atoms with Crippen LogP contribution in [0, 0.1) is 0 Å². The van der Waals surface area contributed by atoms with Gasteiger partial charge in [-0.3, -0.25) is 4.18 Å². The molecule has 1 heterocycles. The van der Waals surface area contributed by atoms with E-state index in [4.69, 9.17) is 4.18 Å². The van der Waals surface area contributed by atoms with Gasteiger partial charge in [0, 0.05) is 11.7 Å². The van der Waals surface area contributed by atoms with Crippen molar-refractivity contribution in [2.75, 3.05) is 12.9 Å². The predicted molar refractivity (Wildman–Crippen MR) is 72.1 cm³/mol. The van der Waals surface area contributed by atoms with Crippen LogP contribution in [0.4, 0.5) is 0 Å². The lowest BCUT2D eigenvalue weighted by Gasteiger charge is -2.17. The zero-order valence-electron chi connectivity index (χ0n) is 10.5. The van der Waals surface area contributed by atoms with E-state index in [2.05, 4.69) is 4.57 Å². The standard InChI is InChI=1S/C13H17NO3S/c1-3-12(10-17-18(2,15)16)14-9-8-11-6-4-5-7-13(11)14/h4-9,12H,3,10H2,1-2H3. The Bertz CT molecular complexity index is 630. The maximum absolute atomic E-state index is 11.1. The number of benzene rings is 1. The molecule has 0 spiro atoms. The van der Waals surface area contributed by atoms with Crippen LogP contribution in [-0.2, 0) is 14.3 Å². The first-order valence-electron chi connectivity index (χ1n) is 5.91. The Balaban J connectivity index is 2.27. The smallest absolute Gasteiger partial charge is 0.264 e. The second-order valence-corrected chi connectivity index (χ2v) is 5.98. The second-order valence-electron chi connectivity index (χ2n) is 4.33. The van der Waals surface area contributed by atoms with E-state index in [9.17, 15) is 8.42 Å². The van der Waals surface area contributed by atoms with Crippen molar-refractivity contribution in [3.05, 3.63) is 36.5 Å². The minimum absolute atomic E-state index is 0.0274. The normalized spacial score (nSPS) is 13.9. The van der Waals surface area contributed by atoms with E-state index in [0.29, 0.717) is 0 Å². The number of hydrogen-bond acceptors (Lipinski definition) is 3. The van der Waals surface area contributed by atoms with E-state index < -0.39 is 10.1 Å². The lowest BCUT2D eigenvalue weighted by atomic mass is 10.2. The summed E-state index contributed by atoms with van der Waals surface area (Å²) in [7, 11) is -3.39. The Hall–Kier alpha value is -1.33. The monoisotopic (exact) mass is 267 g/mol. The van der Waals surface area contributed by atoms with Crippen LogP contribution in [0.3, 0.4) is 0 Å². The van der Waals surface area contributed by atoms with Crippen molar-refractivity contribution >= 4 is 21.0 Å². The first-order valence-corrected chi connectivity index (χ1v) is 7.73. The zero-order chi connectivity index (χ0) is 13.2. The van der Waals surface area contributed by atoms with Crippen LogP contribution >= 0.6 is 0 Å². The average Bonchev–Trinajstić information content (AvgIpc) is 2.73. The molecule has 0 N–H and O–H groups in total. The molecule has 1 aromatic heterocycles. The molecule has 0 amide bonds. The van der Waals surface area contributed by atoms with Gasteiger partial charge in [-0.25, -0.2) is 0 Å². The summed E-state index contributed by atoms with van der Waals surface area (Å²) in [6.07, 6.45) is 3.87. The van der Waals surface area contributed by atoms with Crippen molar-refractivity contribution in [3.8, 4) is 0 Å². The Morgan fingerprint density at radius 3 is 2.67 bits per heavy atom. The fraction of sp³-hybridized carbons (Fsp3) is 0.385. The van der Waals surface area contributed by atoms with Crippen molar-refractivity contribution < 1.29 is 12.6 Å². The van der Waals surface area contributed by atoms with Gasteiger partial charge in [0.15, 0.2) is 0 Å². The first kappa shape index (κ1) is 13.1. The van der Waals surface area contributed by atoms with Gasteiger partial charge in [0.2, 0.25) is 0 Å². The third-order valence-corrected chi connectivity index (χ3v) is 3.53. The van der Waals surface area contributed by atoms with Gasteiger partial charge >= 0.3 is 0 Å². The van der Waals surface area contributed by atoms with Crippen molar-refractivity contribution in [2.45, 2.75) is 19.4 Å². The van der Waals surface area contributed by atoms with E-state index in [0.717, 1.165) is 23.6 Å². The molecule has 0 radical (unpaired) electrons. The molecule has 1 aromatic carbocycles. The molecule has 98 valence electrons. The van der Waals surface area contributed by atoms with Crippen LogP contribution in [0.25, 0.3) is 10.9 Å². The molecule has 2 aromatic rings. The van der Waals surface area contributed by atoms with E-state index in [1.54, 1.807) is 0 Å². The molecule has 0 aliphatic rings. The summed E-state index contributed by atoms with van der Waals surface area (Å²) in [5.74, 6) is 0. The molecule has 1 atom stereocenters. The number of hydrogen-bond donors (Lipinski definition) is 0. The quantitative estimate of drug-likeness (QED) is 0.782. The van der Waals surface area contributed by atoms with Crippen LogP contribution in [0.5, 0.6) is 0 Å². The molecule has 0 aliphatic heterocycles. The van der Waals surface area contributed by atoms with Crippen LogP contribution in [0.1, 0.15) is 19.4 Å². The summed E-state index contributed by atoms with van der Waals surface area (Å²) < 4.78 is 29.1. The third kappa shape index (κ3) is 2.91. The largest absolute Gasteiger partial charge is 0.342 e. The maximum Gasteiger partial charge on any atom is 0.264 e. The van der Waals surface area contributed by atoms with Gasteiger partial charge in [-0.15, -0.1) is 0 Å². The topological polar surface area (TPSA) is 48.3 Å². The van der Waals surface area contributed by atoms with Crippen molar-refractivity contribution in [1.29, 1.82) is 0 Å². The Morgan fingerprint density at radius 2 is 2.00 bits per heavy atom. The maximum atomic E-state index is 11.1. The molecule has 1 unspecified atom stereocenters. The molecule has 2 rings (SSSR count). The highest BCUT2D eigenvalue weighted by Crippen LogP contribution is 2.22. The molecular weight excluding hydrogens is 250 g/mol. The molecule has 5 heteroatoms. The fourth-order valence-electron chi connectivity index (χ4n) is 2.02. The van der Waals surface area contributed by atoms with Gasteiger partial charge in [-0.05, 0) is 23.9 Å². The number of aromatic nitrogens is 1.